The fourth-order valence-corrected chi connectivity index (χ4v) is 4.49. The normalized spacial score (nSPS) is 15.4. The summed E-state index contributed by atoms with van der Waals surface area (Å²) in [6.45, 7) is -0.160. The molecule has 1 atom stereocenters. The van der Waals surface area contributed by atoms with Crippen molar-refractivity contribution in [3.8, 4) is 0 Å². The van der Waals surface area contributed by atoms with Crippen molar-refractivity contribution in [1.82, 2.24) is 5.32 Å². The molecule has 0 spiro atoms. The van der Waals surface area contributed by atoms with E-state index in [0.29, 0.717) is 13.0 Å². The quantitative estimate of drug-likeness (QED) is 0.220. The Morgan fingerprint density at radius 2 is 1.56 bits per heavy atom. The minimum Gasteiger partial charge on any atom is -0.454 e. The van der Waals surface area contributed by atoms with E-state index >= 15 is 0 Å². The number of benzene rings is 3. The summed E-state index contributed by atoms with van der Waals surface area (Å²) < 4.78 is 40.7. The molecule has 0 bridgehead atoms. The van der Waals surface area contributed by atoms with Crippen molar-refractivity contribution in [2.24, 2.45) is 5.14 Å². The minimum absolute atomic E-state index is 0.00388. The van der Waals surface area contributed by atoms with E-state index in [1.54, 1.807) is 12.1 Å². The van der Waals surface area contributed by atoms with Crippen LogP contribution in [0.4, 0.5) is 10.1 Å². The standard InChI is InChI=1S/C27H24FN3O7S/c28-20-7-3-18(4-8-20)24(32)16-38-27(35)19-5-9-21(10-6-19)31-25(33)15-23(26(31)34)30-14-13-17-1-11-22(12-2-17)39(29,36)37/h1-12,23,30H,13-16H2,(H2,29,36,37). The zero-order chi connectivity index (χ0) is 28.2. The molecular weight excluding hydrogens is 529 g/mol. The number of nitrogens with zero attached hydrogens (tertiary/aromatic N) is 1. The molecule has 1 unspecified atom stereocenters. The number of sulfonamides is 1. The molecule has 10 nitrogen and oxygen atoms in total. The largest absolute Gasteiger partial charge is 0.454 e. The van der Waals surface area contributed by atoms with Gasteiger partial charge in [-0.3, -0.25) is 14.4 Å². The maximum absolute atomic E-state index is 13.0. The van der Waals surface area contributed by atoms with Crippen molar-refractivity contribution in [2.75, 3.05) is 18.1 Å². The number of imide groups is 1. The van der Waals surface area contributed by atoms with E-state index in [4.69, 9.17) is 9.88 Å². The maximum atomic E-state index is 13.0. The lowest BCUT2D eigenvalue weighted by molar-refractivity contribution is -0.121. The monoisotopic (exact) mass is 553 g/mol. The van der Waals surface area contributed by atoms with Gasteiger partial charge in [0, 0.05) is 5.56 Å². The Kier molecular flexibility index (Phi) is 8.29. The van der Waals surface area contributed by atoms with Crippen LogP contribution in [0.5, 0.6) is 0 Å². The number of hydrogen-bond acceptors (Lipinski definition) is 8. The molecule has 0 saturated carbocycles. The van der Waals surface area contributed by atoms with Crippen molar-refractivity contribution < 1.29 is 36.7 Å². The highest BCUT2D eigenvalue weighted by Gasteiger charge is 2.39. The molecule has 1 saturated heterocycles. The Balaban J connectivity index is 1.29. The smallest absolute Gasteiger partial charge is 0.338 e. The summed E-state index contributed by atoms with van der Waals surface area (Å²) >= 11 is 0. The van der Waals surface area contributed by atoms with E-state index in [1.807, 2.05) is 0 Å². The number of anilines is 1. The van der Waals surface area contributed by atoms with Gasteiger partial charge >= 0.3 is 5.97 Å². The third-order valence-electron chi connectivity index (χ3n) is 6.06. The molecule has 3 N–H and O–H groups in total. The predicted molar refractivity (Wildman–Crippen MR) is 138 cm³/mol. The number of primary sulfonamides is 1. The summed E-state index contributed by atoms with van der Waals surface area (Å²) in [5, 5.41) is 8.14. The van der Waals surface area contributed by atoms with Crippen LogP contribution >= 0.6 is 0 Å². The molecule has 39 heavy (non-hydrogen) atoms. The molecule has 4 rings (SSSR count). The van der Waals surface area contributed by atoms with Gasteiger partial charge < -0.3 is 10.1 Å². The van der Waals surface area contributed by atoms with Crippen LogP contribution in [0.1, 0.15) is 32.7 Å². The molecule has 1 heterocycles. The van der Waals surface area contributed by atoms with Crippen LogP contribution < -0.4 is 15.4 Å². The second-order valence-electron chi connectivity index (χ2n) is 8.77. The first-order chi connectivity index (χ1) is 18.5. The highest BCUT2D eigenvalue weighted by molar-refractivity contribution is 7.89. The van der Waals surface area contributed by atoms with Gasteiger partial charge in [-0.2, -0.15) is 0 Å². The minimum atomic E-state index is -3.78. The third kappa shape index (κ3) is 6.79. The number of carbonyl (C=O) groups is 4. The Morgan fingerprint density at radius 1 is 0.949 bits per heavy atom. The first kappa shape index (κ1) is 27.8. The lowest BCUT2D eigenvalue weighted by atomic mass is 10.1. The third-order valence-corrected chi connectivity index (χ3v) is 6.99. The number of ketones is 1. The molecule has 12 heteroatoms. The summed E-state index contributed by atoms with van der Waals surface area (Å²) in [5.74, 6) is -2.60. The van der Waals surface area contributed by atoms with Gasteiger partial charge in [0.15, 0.2) is 12.4 Å². The molecule has 0 radical (unpaired) electrons. The van der Waals surface area contributed by atoms with Crippen LogP contribution in [-0.4, -0.2) is 51.2 Å². The van der Waals surface area contributed by atoms with E-state index in [0.717, 1.165) is 22.6 Å². The Hall–Kier alpha value is -4.26. The first-order valence-corrected chi connectivity index (χ1v) is 13.4. The van der Waals surface area contributed by atoms with Gasteiger partial charge in [0.25, 0.3) is 5.91 Å². The van der Waals surface area contributed by atoms with E-state index < -0.39 is 52.1 Å². The second-order valence-corrected chi connectivity index (χ2v) is 10.3. The summed E-state index contributed by atoms with van der Waals surface area (Å²) in [6, 6.07) is 15.8. The van der Waals surface area contributed by atoms with Gasteiger partial charge in [0.2, 0.25) is 15.9 Å². The SMILES string of the molecule is NS(=O)(=O)c1ccc(CCNC2CC(=O)N(c3ccc(C(=O)OCC(=O)c4ccc(F)cc4)cc3)C2=O)cc1. The van der Waals surface area contributed by atoms with Crippen LogP contribution in [0, 0.1) is 5.82 Å². The lowest BCUT2D eigenvalue weighted by Gasteiger charge is -2.16. The lowest BCUT2D eigenvalue weighted by Crippen LogP contribution is -2.39. The van der Waals surface area contributed by atoms with Gasteiger partial charge in [-0.1, -0.05) is 12.1 Å². The summed E-state index contributed by atoms with van der Waals surface area (Å²) in [7, 11) is -3.78. The first-order valence-electron chi connectivity index (χ1n) is 11.8. The molecule has 3 aromatic carbocycles. The van der Waals surface area contributed by atoms with E-state index in [2.05, 4.69) is 5.32 Å². The van der Waals surface area contributed by atoms with Crippen molar-refractivity contribution in [2.45, 2.75) is 23.8 Å². The summed E-state index contributed by atoms with van der Waals surface area (Å²) in [4.78, 5) is 50.9. The van der Waals surface area contributed by atoms with Crippen LogP contribution in [-0.2, 0) is 30.8 Å². The molecule has 1 aliphatic heterocycles. The van der Waals surface area contributed by atoms with Crippen LogP contribution in [0.2, 0.25) is 0 Å². The van der Waals surface area contributed by atoms with Crippen LogP contribution in [0.15, 0.2) is 77.7 Å². The average molecular weight is 554 g/mol. The topological polar surface area (TPSA) is 153 Å². The molecular formula is C27H24FN3O7S. The summed E-state index contributed by atoms with van der Waals surface area (Å²) in [6.07, 6.45) is 0.446. The van der Waals surface area contributed by atoms with Gasteiger partial charge in [0.05, 0.1) is 28.6 Å². The molecule has 0 aliphatic carbocycles. The predicted octanol–water partition coefficient (Wildman–Crippen LogP) is 1.98. The van der Waals surface area contributed by atoms with Gasteiger partial charge in [-0.05, 0) is 79.2 Å². The number of nitrogens with two attached hydrogens (primary N) is 1. The van der Waals surface area contributed by atoms with Gasteiger partial charge in [0.1, 0.15) is 5.82 Å². The highest BCUT2D eigenvalue weighted by atomic mass is 32.2. The highest BCUT2D eigenvalue weighted by Crippen LogP contribution is 2.24. The number of Topliss-reactive ketones (excluding diaryl/α,β-unsaturated/α-hetero) is 1. The Morgan fingerprint density at radius 3 is 2.18 bits per heavy atom. The molecule has 0 aromatic heterocycles. The average Bonchev–Trinajstić information content (AvgIpc) is 3.19. The van der Waals surface area contributed by atoms with Crippen molar-refractivity contribution in [3.05, 3.63) is 95.3 Å². The fraction of sp³-hybridized carbons (Fsp3) is 0.185. The van der Waals surface area contributed by atoms with Gasteiger partial charge in [-0.15, -0.1) is 0 Å². The van der Waals surface area contributed by atoms with E-state index in [1.165, 1.54) is 48.5 Å². The van der Waals surface area contributed by atoms with Crippen molar-refractivity contribution >= 4 is 39.3 Å². The van der Waals surface area contributed by atoms with Gasteiger partial charge in [-0.25, -0.2) is 27.6 Å². The van der Waals surface area contributed by atoms with E-state index in [9.17, 15) is 32.0 Å². The van der Waals surface area contributed by atoms with Crippen LogP contribution in [0.25, 0.3) is 0 Å². The number of halogens is 1. The molecule has 1 fully saturated rings. The molecule has 1 aliphatic rings. The second kappa shape index (κ2) is 11.6. The zero-order valence-corrected chi connectivity index (χ0v) is 21.3. The number of amides is 2. The number of carbonyl (C=O) groups excluding carboxylic acids is 4. The van der Waals surface area contributed by atoms with Crippen molar-refractivity contribution in [1.29, 1.82) is 0 Å². The number of ether oxygens (including phenoxy) is 1. The Bertz CT molecular complexity index is 1510. The van der Waals surface area contributed by atoms with Crippen LogP contribution in [0.3, 0.4) is 0 Å². The number of rotatable bonds is 10. The molecule has 3 aromatic rings. The molecule has 202 valence electrons. The van der Waals surface area contributed by atoms with E-state index in [-0.39, 0.29) is 28.1 Å². The Labute approximate surface area is 223 Å². The molecule has 2 amide bonds. The number of nitrogens with one attached hydrogen (secondary N) is 1. The zero-order valence-electron chi connectivity index (χ0n) is 20.5. The maximum Gasteiger partial charge on any atom is 0.338 e. The fourth-order valence-electron chi connectivity index (χ4n) is 3.98. The number of esters is 1. The van der Waals surface area contributed by atoms with Crippen molar-refractivity contribution in [3.63, 3.8) is 0 Å². The summed E-state index contributed by atoms with van der Waals surface area (Å²) in [5.41, 5.74) is 1.43. The number of hydrogen-bond donors (Lipinski definition) is 2.